The van der Waals surface area contributed by atoms with Crippen molar-refractivity contribution >= 4 is 11.9 Å². The van der Waals surface area contributed by atoms with Crippen LogP contribution in [0.25, 0.3) is 6.08 Å². The molecule has 0 saturated heterocycles. The maximum Gasteiger partial charge on any atom is 0.225 e. The molecule has 0 spiro atoms. The average Bonchev–Trinajstić information content (AvgIpc) is 2.16. The van der Waals surface area contributed by atoms with Gasteiger partial charge in [0.25, 0.3) is 0 Å². The van der Waals surface area contributed by atoms with Gasteiger partial charge in [0.1, 0.15) is 11.6 Å². The average molecular weight is 177 g/mol. The van der Waals surface area contributed by atoms with E-state index in [1.54, 1.807) is 7.11 Å². The number of nitrogens with zero attached hydrogens (tertiary/aromatic N) is 2. The van der Waals surface area contributed by atoms with E-state index in [0.29, 0.717) is 5.88 Å². The van der Waals surface area contributed by atoms with E-state index >= 15 is 0 Å². The van der Waals surface area contributed by atoms with Gasteiger partial charge in [0.05, 0.1) is 12.7 Å². The molecule has 0 unspecified atom stereocenters. The largest absolute Gasteiger partial charge is 0.480 e. The molecule has 1 aromatic heterocycles. The molecule has 0 radical (unpaired) electrons. The summed E-state index contributed by atoms with van der Waals surface area (Å²) < 4.78 is 5.15. The van der Waals surface area contributed by atoms with Crippen LogP contribution in [-0.4, -0.2) is 23.6 Å². The predicted molar refractivity (Wildman–Crippen MR) is 50.8 cm³/mol. The van der Waals surface area contributed by atoms with E-state index in [9.17, 15) is 0 Å². The fourth-order valence-electron chi connectivity index (χ4n) is 1.33. The zero-order chi connectivity index (χ0) is 9.26. The van der Waals surface area contributed by atoms with Crippen LogP contribution in [0.1, 0.15) is 11.4 Å². The molecule has 0 fully saturated rings. The van der Waals surface area contributed by atoms with E-state index in [4.69, 9.17) is 4.74 Å². The summed E-state index contributed by atoms with van der Waals surface area (Å²) in [7, 11) is 1.62. The molecule has 1 aromatic rings. The minimum absolute atomic E-state index is 0.631. The van der Waals surface area contributed by atoms with Crippen LogP contribution in [0.4, 0.5) is 5.82 Å². The minimum Gasteiger partial charge on any atom is -0.480 e. The molecular weight excluding hydrogens is 166 g/mol. The van der Waals surface area contributed by atoms with Gasteiger partial charge >= 0.3 is 0 Å². The standard InChI is InChI=1S/C9H11N3O/c1-6-11-8-7(4-3-5-10-8)9(12-6)13-2/h3-4H,5H2,1-2H3,(H,10,11,12). The first-order chi connectivity index (χ1) is 6.31. The number of rotatable bonds is 1. The molecule has 68 valence electrons. The molecule has 2 rings (SSSR count). The summed E-state index contributed by atoms with van der Waals surface area (Å²) in [6, 6.07) is 0. The highest BCUT2D eigenvalue weighted by molar-refractivity contribution is 5.70. The highest BCUT2D eigenvalue weighted by atomic mass is 16.5. The topological polar surface area (TPSA) is 47.0 Å². The lowest BCUT2D eigenvalue weighted by molar-refractivity contribution is 0.394. The number of fused-ring (bicyclic) bond motifs is 1. The number of ether oxygens (including phenoxy) is 1. The lowest BCUT2D eigenvalue weighted by Crippen LogP contribution is -2.10. The number of hydrogen-bond donors (Lipinski definition) is 1. The summed E-state index contributed by atoms with van der Waals surface area (Å²) in [5, 5.41) is 3.16. The third kappa shape index (κ3) is 1.35. The van der Waals surface area contributed by atoms with Crippen LogP contribution in [-0.2, 0) is 0 Å². The third-order valence-electron chi connectivity index (χ3n) is 1.89. The van der Waals surface area contributed by atoms with Gasteiger partial charge in [-0.05, 0) is 13.0 Å². The van der Waals surface area contributed by atoms with Gasteiger partial charge in [-0.15, -0.1) is 0 Å². The second-order valence-electron chi connectivity index (χ2n) is 2.83. The summed E-state index contributed by atoms with van der Waals surface area (Å²) in [4.78, 5) is 8.45. The lowest BCUT2D eigenvalue weighted by Gasteiger charge is -2.14. The molecule has 13 heavy (non-hydrogen) atoms. The fourth-order valence-corrected chi connectivity index (χ4v) is 1.33. The van der Waals surface area contributed by atoms with Gasteiger partial charge in [-0.3, -0.25) is 0 Å². The van der Waals surface area contributed by atoms with Gasteiger partial charge in [0.2, 0.25) is 5.88 Å². The van der Waals surface area contributed by atoms with Crippen molar-refractivity contribution in [1.82, 2.24) is 9.97 Å². The molecular formula is C9H11N3O. The Kier molecular flexibility index (Phi) is 1.88. The van der Waals surface area contributed by atoms with E-state index < -0.39 is 0 Å². The van der Waals surface area contributed by atoms with E-state index in [-0.39, 0.29) is 0 Å². The molecule has 4 heteroatoms. The fraction of sp³-hybridized carbons (Fsp3) is 0.333. The quantitative estimate of drug-likeness (QED) is 0.701. The maximum atomic E-state index is 5.15. The van der Waals surface area contributed by atoms with Crippen molar-refractivity contribution in [3.63, 3.8) is 0 Å². The maximum absolute atomic E-state index is 5.15. The smallest absolute Gasteiger partial charge is 0.225 e. The van der Waals surface area contributed by atoms with Gasteiger partial charge in [-0.25, -0.2) is 4.98 Å². The van der Waals surface area contributed by atoms with Crippen LogP contribution in [0.15, 0.2) is 6.08 Å². The van der Waals surface area contributed by atoms with Crippen molar-refractivity contribution in [3.8, 4) is 5.88 Å². The van der Waals surface area contributed by atoms with E-state index in [1.807, 2.05) is 19.1 Å². The van der Waals surface area contributed by atoms with Crippen LogP contribution in [0.2, 0.25) is 0 Å². The molecule has 0 amide bonds. The first-order valence-corrected chi connectivity index (χ1v) is 4.14. The number of anilines is 1. The molecule has 0 saturated carbocycles. The van der Waals surface area contributed by atoms with Gasteiger partial charge in [-0.2, -0.15) is 4.98 Å². The summed E-state index contributed by atoms with van der Waals surface area (Å²) >= 11 is 0. The minimum atomic E-state index is 0.631. The second kappa shape index (κ2) is 3.05. The molecule has 0 aliphatic carbocycles. The van der Waals surface area contributed by atoms with Crippen molar-refractivity contribution < 1.29 is 4.74 Å². The van der Waals surface area contributed by atoms with Crippen molar-refractivity contribution in [2.24, 2.45) is 0 Å². The Labute approximate surface area is 76.7 Å². The van der Waals surface area contributed by atoms with Crippen molar-refractivity contribution in [1.29, 1.82) is 0 Å². The van der Waals surface area contributed by atoms with Gasteiger partial charge in [0, 0.05) is 6.54 Å². The number of aromatic nitrogens is 2. The van der Waals surface area contributed by atoms with E-state index in [0.717, 1.165) is 23.8 Å². The Morgan fingerprint density at radius 1 is 1.46 bits per heavy atom. The Bertz CT molecular complexity index is 360. The third-order valence-corrected chi connectivity index (χ3v) is 1.89. The molecule has 2 heterocycles. The first kappa shape index (κ1) is 8.04. The molecule has 1 aliphatic heterocycles. The SMILES string of the molecule is COc1nc(C)nc2c1C=CCN2. The summed E-state index contributed by atoms with van der Waals surface area (Å²) in [5.41, 5.74) is 0.930. The van der Waals surface area contributed by atoms with Crippen LogP contribution in [0.5, 0.6) is 5.88 Å². The highest BCUT2D eigenvalue weighted by Crippen LogP contribution is 2.26. The summed E-state index contributed by atoms with van der Waals surface area (Å²) in [5.74, 6) is 2.20. The van der Waals surface area contributed by atoms with Crippen LogP contribution in [0, 0.1) is 6.92 Å². The number of hydrogen-bond acceptors (Lipinski definition) is 4. The molecule has 4 nitrogen and oxygen atoms in total. The molecule has 0 atom stereocenters. The van der Waals surface area contributed by atoms with Gasteiger partial charge < -0.3 is 10.1 Å². The Hall–Kier alpha value is -1.58. The highest BCUT2D eigenvalue weighted by Gasteiger charge is 2.12. The molecule has 1 aliphatic rings. The van der Waals surface area contributed by atoms with Crippen LogP contribution in [0.3, 0.4) is 0 Å². The summed E-state index contributed by atoms with van der Waals surface area (Å²) in [6.07, 6.45) is 3.99. The van der Waals surface area contributed by atoms with Gasteiger partial charge in [-0.1, -0.05) is 6.08 Å². The monoisotopic (exact) mass is 177 g/mol. The number of methoxy groups -OCH3 is 1. The van der Waals surface area contributed by atoms with Crippen molar-refractivity contribution in [2.75, 3.05) is 19.0 Å². The predicted octanol–water partition coefficient (Wildman–Crippen LogP) is 1.23. The molecule has 1 N–H and O–H groups in total. The van der Waals surface area contributed by atoms with E-state index in [1.165, 1.54) is 0 Å². The van der Waals surface area contributed by atoms with Crippen LogP contribution < -0.4 is 10.1 Å². The zero-order valence-corrected chi connectivity index (χ0v) is 7.66. The Balaban J connectivity index is 2.59. The number of nitrogens with one attached hydrogen (secondary N) is 1. The first-order valence-electron chi connectivity index (χ1n) is 4.14. The van der Waals surface area contributed by atoms with Crippen molar-refractivity contribution in [3.05, 3.63) is 17.5 Å². The summed E-state index contributed by atoms with van der Waals surface area (Å²) in [6.45, 7) is 2.66. The number of aryl methyl sites for hydroxylation is 1. The Morgan fingerprint density at radius 3 is 3.08 bits per heavy atom. The molecule has 0 bridgehead atoms. The van der Waals surface area contributed by atoms with Crippen molar-refractivity contribution in [2.45, 2.75) is 6.92 Å². The van der Waals surface area contributed by atoms with Crippen LogP contribution >= 0.6 is 0 Å². The van der Waals surface area contributed by atoms with Gasteiger partial charge in [0.15, 0.2) is 0 Å². The zero-order valence-electron chi connectivity index (χ0n) is 7.66. The molecule has 0 aromatic carbocycles. The lowest BCUT2D eigenvalue weighted by atomic mass is 10.2. The normalized spacial score (nSPS) is 13.4. The van der Waals surface area contributed by atoms with E-state index in [2.05, 4.69) is 15.3 Å². The Morgan fingerprint density at radius 2 is 2.31 bits per heavy atom. The second-order valence-corrected chi connectivity index (χ2v) is 2.83.